The Morgan fingerprint density at radius 2 is 1.95 bits per heavy atom. The molecule has 0 fully saturated rings. The van der Waals surface area contributed by atoms with E-state index in [1.165, 1.54) is 11.3 Å². The van der Waals surface area contributed by atoms with E-state index >= 15 is 0 Å². The van der Waals surface area contributed by atoms with Crippen molar-refractivity contribution in [2.75, 3.05) is 19.0 Å². The average molecular weight is 281 g/mol. The Balaban J connectivity index is 2.49. The first-order chi connectivity index (χ1) is 9.20. The van der Waals surface area contributed by atoms with Crippen molar-refractivity contribution in [1.82, 2.24) is 9.97 Å². The summed E-state index contributed by atoms with van der Waals surface area (Å²) in [5.41, 5.74) is 2.09. The Labute approximate surface area is 119 Å². The number of thioether (sulfide) groups is 1. The third-order valence-electron chi connectivity index (χ3n) is 3.86. The molecule has 0 aliphatic carbocycles. The van der Waals surface area contributed by atoms with Crippen LogP contribution in [-0.2, 0) is 21.8 Å². The Bertz CT molecular complexity index is 438. The van der Waals surface area contributed by atoms with Gasteiger partial charge in [0, 0.05) is 30.7 Å². The number of hydrogen-bond donors (Lipinski definition) is 1. The quantitative estimate of drug-likeness (QED) is 0.866. The Morgan fingerprint density at radius 3 is 2.53 bits per heavy atom. The SMILES string of the molecule is CCNc1nc(C(CC)(CC)OC)nc2c1CSC2. The molecule has 1 aliphatic heterocycles. The fourth-order valence-electron chi connectivity index (χ4n) is 2.51. The molecule has 0 saturated carbocycles. The molecule has 0 saturated heterocycles. The van der Waals surface area contributed by atoms with Gasteiger partial charge < -0.3 is 10.1 Å². The molecule has 0 spiro atoms. The van der Waals surface area contributed by atoms with Crippen LogP contribution in [-0.4, -0.2) is 23.6 Å². The molecule has 106 valence electrons. The lowest BCUT2D eigenvalue weighted by Crippen LogP contribution is -2.30. The molecular weight excluding hydrogens is 258 g/mol. The zero-order valence-corrected chi connectivity index (χ0v) is 13.1. The second-order valence-electron chi connectivity index (χ2n) is 4.75. The molecule has 1 N–H and O–H groups in total. The van der Waals surface area contributed by atoms with Gasteiger partial charge in [-0.25, -0.2) is 9.97 Å². The highest BCUT2D eigenvalue weighted by Crippen LogP contribution is 2.37. The monoisotopic (exact) mass is 281 g/mol. The van der Waals surface area contributed by atoms with Gasteiger partial charge in [-0.1, -0.05) is 13.8 Å². The first kappa shape index (κ1) is 14.6. The maximum atomic E-state index is 5.76. The molecule has 1 aromatic rings. The molecule has 0 atom stereocenters. The van der Waals surface area contributed by atoms with Gasteiger partial charge in [0.1, 0.15) is 11.4 Å². The highest BCUT2D eigenvalue weighted by Gasteiger charge is 2.33. The summed E-state index contributed by atoms with van der Waals surface area (Å²) in [6, 6.07) is 0. The van der Waals surface area contributed by atoms with Crippen LogP contribution in [0, 0.1) is 0 Å². The summed E-state index contributed by atoms with van der Waals surface area (Å²) in [7, 11) is 1.76. The molecule has 0 aromatic carbocycles. The number of aromatic nitrogens is 2. The van der Waals surface area contributed by atoms with Crippen molar-refractivity contribution < 1.29 is 4.74 Å². The molecule has 2 rings (SSSR count). The van der Waals surface area contributed by atoms with Crippen LogP contribution in [0.5, 0.6) is 0 Å². The Morgan fingerprint density at radius 1 is 1.21 bits per heavy atom. The van der Waals surface area contributed by atoms with Gasteiger partial charge in [0.15, 0.2) is 5.82 Å². The summed E-state index contributed by atoms with van der Waals surface area (Å²) in [6.45, 7) is 7.24. The molecule has 1 aliphatic rings. The van der Waals surface area contributed by atoms with Crippen molar-refractivity contribution in [1.29, 1.82) is 0 Å². The zero-order chi connectivity index (χ0) is 13.9. The highest BCUT2D eigenvalue weighted by molar-refractivity contribution is 7.98. The molecule has 0 bridgehead atoms. The number of fused-ring (bicyclic) bond motifs is 1. The molecule has 4 nitrogen and oxygen atoms in total. The van der Waals surface area contributed by atoms with E-state index in [-0.39, 0.29) is 5.60 Å². The van der Waals surface area contributed by atoms with Crippen molar-refractivity contribution >= 4 is 17.6 Å². The highest BCUT2D eigenvalue weighted by atomic mass is 32.2. The predicted octanol–water partition coefficient (Wildman–Crippen LogP) is 3.32. The average Bonchev–Trinajstić information content (AvgIpc) is 2.90. The van der Waals surface area contributed by atoms with E-state index in [0.29, 0.717) is 0 Å². The van der Waals surface area contributed by atoms with Crippen molar-refractivity contribution in [3.63, 3.8) is 0 Å². The minimum Gasteiger partial charge on any atom is -0.370 e. The van der Waals surface area contributed by atoms with E-state index in [2.05, 4.69) is 26.1 Å². The number of ether oxygens (including phenoxy) is 1. The summed E-state index contributed by atoms with van der Waals surface area (Å²) in [5.74, 6) is 3.82. The van der Waals surface area contributed by atoms with Crippen LogP contribution in [0.15, 0.2) is 0 Å². The van der Waals surface area contributed by atoms with Crippen molar-refractivity contribution in [3.8, 4) is 0 Å². The Hall–Kier alpha value is -0.810. The van der Waals surface area contributed by atoms with Gasteiger partial charge in [-0.2, -0.15) is 11.8 Å². The number of anilines is 1. The van der Waals surface area contributed by atoms with E-state index < -0.39 is 0 Å². The molecule has 2 heterocycles. The smallest absolute Gasteiger partial charge is 0.162 e. The lowest BCUT2D eigenvalue weighted by atomic mass is 9.95. The number of hydrogen-bond acceptors (Lipinski definition) is 5. The normalized spacial score (nSPS) is 14.5. The summed E-state index contributed by atoms with van der Waals surface area (Å²) in [5, 5.41) is 3.37. The second kappa shape index (κ2) is 6.09. The number of methoxy groups -OCH3 is 1. The minimum absolute atomic E-state index is 0.355. The fraction of sp³-hybridized carbons (Fsp3) is 0.714. The third kappa shape index (κ3) is 2.58. The van der Waals surface area contributed by atoms with Crippen LogP contribution in [0.4, 0.5) is 5.82 Å². The van der Waals surface area contributed by atoms with Gasteiger partial charge in [-0.3, -0.25) is 0 Å². The number of nitrogens with zero attached hydrogens (tertiary/aromatic N) is 2. The zero-order valence-electron chi connectivity index (χ0n) is 12.2. The summed E-state index contributed by atoms with van der Waals surface area (Å²) < 4.78 is 5.76. The molecule has 5 heteroatoms. The third-order valence-corrected chi connectivity index (χ3v) is 4.83. The lowest BCUT2D eigenvalue weighted by Gasteiger charge is -2.29. The van der Waals surface area contributed by atoms with Gasteiger partial charge in [-0.05, 0) is 19.8 Å². The van der Waals surface area contributed by atoms with E-state index in [1.54, 1.807) is 7.11 Å². The molecule has 19 heavy (non-hydrogen) atoms. The van der Waals surface area contributed by atoms with Gasteiger partial charge in [0.2, 0.25) is 0 Å². The van der Waals surface area contributed by atoms with E-state index in [1.807, 2.05) is 11.8 Å². The second-order valence-corrected chi connectivity index (χ2v) is 5.74. The number of rotatable bonds is 6. The first-order valence-corrected chi connectivity index (χ1v) is 8.13. The van der Waals surface area contributed by atoms with E-state index in [0.717, 1.165) is 42.5 Å². The van der Waals surface area contributed by atoms with E-state index in [4.69, 9.17) is 14.7 Å². The van der Waals surface area contributed by atoms with E-state index in [9.17, 15) is 0 Å². The molecule has 1 aromatic heterocycles. The van der Waals surface area contributed by atoms with Gasteiger partial charge >= 0.3 is 0 Å². The standard InChI is InChI=1S/C14H23N3OS/c1-5-14(6-2,18-4)13-16-11-9-19-8-10(11)12(17-13)15-7-3/h5-9H2,1-4H3,(H,15,16,17). The van der Waals surface area contributed by atoms with Crippen molar-refractivity contribution in [2.24, 2.45) is 0 Å². The van der Waals surface area contributed by atoms with Crippen LogP contribution < -0.4 is 5.32 Å². The van der Waals surface area contributed by atoms with Crippen LogP contribution in [0.3, 0.4) is 0 Å². The van der Waals surface area contributed by atoms with Crippen LogP contribution in [0.1, 0.15) is 50.7 Å². The Kier molecular flexibility index (Phi) is 4.68. The van der Waals surface area contributed by atoms with Crippen LogP contribution >= 0.6 is 11.8 Å². The van der Waals surface area contributed by atoms with Crippen LogP contribution in [0.2, 0.25) is 0 Å². The maximum absolute atomic E-state index is 5.76. The fourth-order valence-corrected chi connectivity index (χ4v) is 3.56. The summed E-state index contributed by atoms with van der Waals surface area (Å²) >= 11 is 1.90. The molecule has 0 unspecified atom stereocenters. The topological polar surface area (TPSA) is 47.0 Å². The molecule has 0 amide bonds. The summed E-state index contributed by atoms with van der Waals surface area (Å²) in [6.07, 6.45) is 1.77. The predicted molar refractivity (Wildman–Crippen MR) is 80.5 cm³/mol. The largest absolute Gasteiger partial charge is 0.370 e. The maximum Gasteiger partial charge on any atom is 0.162 e. The van der Waals surface area contributed by atoms with Gasteiger partial charge in [-0.15, -0.1) is 0 Å². The molecule has 0 radical (unpaired) electrons. The van der Waals surface area contributed by atoms with Gasteiger partial charge in [0.25, 0.3) is 0 Å². The van der Waals surface area contributed by atoms with Crippen LogP contribution in [0.25, 0.3) is 0 Å². The van der Waals surface area contributed by atoms with Crippen molar-refractivity contribution in [2.45, 2.75) is 50.7 Å². The molecular formula is C14H23N3OS. The number of nitrogens with one attached hydrogen (secondary N) is 1. The van der Waals surface area contributed by atoms with Gasteiger partial charge in [0.05, 0.1) is 5.69 Å². The summed E-state index contributed by atoms with van der Waals surface area (Å²) in [4.78, 5) is 9.54. The first-order valence-electron chi connectivity index (χ1n) is 6.97. The lowest BCUT2D eigenvalue weighted by molar-refractivity contribution is -0.0291. The van der Waals surface area contributed by atoms with Crippen molar-refractivity contribution in [3.05, 3.63) is 17.1 Å². The minimum atomic E-state index is -0.355.